The number of nitrogens with one attached hydrogen (secondary N) is 2. The predicted octanol–water partition coefficient (Wildman–Crippen LogP) is 5.12. The molecule has 190 valence electrons. The maximum atomic E-state index is 15.0. The molecule has 1 fully saturated rings. The monoisotopic (exact) mass is 513 g/mol. The van der Waals surface area contributed by atoms with Crippen LogP contribution in [0.25, 0.3) is 5.69 Å². The van der Waals surface area contributed by atoms with E-state index in [1.165, 1.54) is 24.1 Å². The lowest BCUT2D eigenvalue weighted by Gasteiger charge is -2.24. The van der Waals surface area contributed by atoms with Crippen molar-refractivity contribution in [1.82, 2.24) is 14.7 Å². The fraction of sp³-hybridized carbons (Fsp3) is 0.346. The van der Waals surface area contributed by atoms with Gasteiger partial charge in [0.2, 0.25) is 5.91 Å². The van der Waals surface area contributed by atoms with Crippen LogP contribution in [0.4, 0.5) is 20.6 Å². The highest BCUT2D eigenvalue weighted by atomic mass is 35.5. The summed E-state index contributed by atoms with van der Waals surface area (Å²) in [5, 5.41) is 10.3. The van der Waals surface area contributed by atoms with Crippen molar-refractivity contribution in [3.05, 3.63) is 71.3 Å². The van der Waals surface area contributed by atoms with E-state index in [4.69, 9.17) is 16.3 Å². The Labute approximate surface area is 214 Å². The second-order valence-corrected chi connectivity index (χ2v) is 9.62. The van der Waals surface area contributed by atoms with Crippen LogP contribution in [0.15, 0.2) is 54.7 Å². The molecule has 2 N–H and O–H groups in total. The Morgan fingerprint density at radius 3 is 2.58 bits per heavy atom. The standard InChI is InChI=1S/C26H29ClFN5O3/c1-16(2)12-20-10-11-29-33(20)19-8-9-23(22(28)13-19)31-25(34)24-14-21(36-3)15-32(24)26(35)30-18-6-4-17(27)5-7-18/h4-11,13,16,21,24H,12,14-15H2,1-3H3,(H,30,35)(H,31,34)/t21-,24-/m1/s1. The number of anilines is 2. The maximum absolute atomic E-state index is 15.0. The van der Waals surface area contributed by atoms with Crippen LogP contribution in [0, 0.1) is 11.7 Å². The van der Waals surface area contributed by atoms with Gasteiger partial charge in [0.1, 0.15) is 11.9 Å². The average Bonchev–Trinajstić information content (AvgIpc) is 3.48. The number of urea groups is 1. The number of nitrogens with zero attached hydrogens (tertiary/aromatic N) is 3. The molecule has 1 aliphatic rings. The Balaban J connectivity index is 1.48. The maximum Gasteiger partial charge on any atom is 0.322 e. The SMILES string of the molecule is CO[C@@H]1C[C@H](C(=O)Nc2ccc(-n3nccc3CC(C)C)cc2F)N(C(=O)Nc2ccc(Cl)cc2)C1. The number of aromatic nitrogens is 2. The van der Waals surface area contributed by atoms with Crippen LogP contribution in [-0.4, -0.2) is 52.4 Å². The second kappa shape index (κ2) is 11.1. The number of likely N-dealkylation sites (tertiary alicyclic amines) is 1. The van der Waals surface area contributed by atoms with Crippen molar-refractivity contribution >= 4 is 34.9 Å². The summed E-state index contributed by atoms with van der Waals surface area (Å²) in [7, 11) is 1.53. The number of hydrogen-bond acceptors (Lipinski definition) is 4. The van der Waals surface area contributed by atoms with Crippen LogP contribution < -0.4 is 10.6 Å². The predicted molar refractivity (Wildman–Crippen MR) is 137 cm³/mol. The van der Waals surface area contributed by atoms with E-state index >= 15 is 4.39 Å². The molecule has 1 aliphatic heterocycles. The summed E-state index contributed by atoms with van der Waals surface area (Å²) in [6.45, 7) is 4.44. The molecule has 8 nitrogen and oxygen atoms in total. The number of halogens is 2. The highest BCUT2D eigenvalue weighted by molar-refractivity contribution is 6.30. The van der Waals surface area contributed by atoms with Gasteiger partial charge < -0.3 is 20.3 Å². The fourth-order valence-electron chi connectivity index (χ4n) is 4.26. The van der Waals surface area contributed by atoms with Crippen LogP contribution in [-0.2, 0) is 16.0 Å². The third-order valence-corrected chi connectivity index (χ3v) is 6.30. The van der Waals surface area contributed by atoms with E-state index < -0.39 is 23.8 Å². The fourth-order valence-corrected chi connectivity index (χ4v) is 4.38. The summed E-state index contributed by atoms with van der Waals surface area (Å²) in [6.07, 6.45) is 2.46. The van der Waals surface area contributed by atoms with Gasteiger partial charge in [0.25, 0.3) is 0 Å². The van der Waals surface area contributed by atoms with E-state index in [2.05, 4.69) is 29.6 Å². The normalized spacial score (nSPS) is 17.4. The van der Waals surface area contributed by atoms with Gasteiger partial charge in [-0.1, -0.05) is 25.4 Å². The third-order valence-electron chi connectivity index (χ3n) is 6.05. The Morgan fingerprint density at radius 1 is 1.17 bits per heavy atom. The van der Waals surface area contributed by atoms with E-state index in [-0.39, 0.29) is 18.3 Å². The molecule has 2 atom stereocenters. The van der Waals surface area contributed by atoms with Crippen LogP contribution in [0.1, 0.15) is 26.0 Å². The molecular weight excluding hydrogens is 485 g/mol. The van der Waals surface area contributed by atoms with Gasteiger partial charge in [-0.3, -0.25) is 4.79 Å². The quantitative estimate of drug-likeness (QED) is 0.459. The van der Waals surface area contributed by atoms with Gasteiger partial charge in [-0.2, -0.15) is 5.10 Å². The summed E-state index contributed by atoms with van der Waals surface area (Å²) in [5.41, 5.74) is 2.11. The van der Waals surface area contributed by atoms with Crippen LogP contribution >= 0.6 is 11.6 Å². The molecule has 0 aliphatic carbocycles. The minimum absolute atomic E-state index is 0.0280. The molecular formula is C26H29ClFN5O3. The summed E-state index contributed by atoms with van der Waals surface area (Å²) in [6, 6.07) is 11.8. The third kappa shape index (κ3) is 5.85. The first-order valence-corrected chi connectivity index (χ1v) is 12.1. The molecule has 3 aromatic rings. The zero-order valence-electron chi connectivity index (χ0n) is 20.4. The second-order valence-electron chi connectivity index (χ2n) is 9.18. The molecule has 2 aromatic carbocycles. The van der Waals surface area contributed by atoms with Crippen molar-refractivity contribution < 1.29 is 18.7 Å². The molecule has 36 heavy (non-hydrogen) atoms. The highest BCUT2D eigenvalue weighted by Crippen LogP contribution is 2.25. The Morgan fingerprint density at radius 2 is 1.92 bits per heavy atom. The molecule has 3 amide bonds. The Kier molecular flexibility index (Phi) is 7.91. The highest BCUT2D eigenvalue weighted by Gasteiger charge is 2.40. The molecule has 0 saturated carbocycles. The van der Waals surface area contributed by atoms with Crippen molar-refractivity contribution in [2.45, 2.75) is 38.8 Å². The zero-order chi connectivity index (χ0) is 25.8. The van der Waals surface area contributed by atoms with E-state index in [0.717, 1.165) is 12.1 Å². The zero-order valence-corrected chi connectivity index (χ0v) is 21.1. The average molecular weight is 514 g/mol. The lowest BCUT2D eigenvalue weighted by Crippen LogP contribution is -2.45. The molecule has 0 bridgehead atoms. The molecule has 0 radical (unpaired) electrons. The van der Waals surface area contributed by atoms with Gasteiger partial charge in [-0.25, -0.2) is 13.9 Å². The van der Waals surface area contributed by atoms with Crippen molar-refractivity contribution in [2.24, 2.45) is 5.92 Å². The largest absolute Gasteiger partial charge is 0.380 e. The van der Waals surface area contributed by atoms with Gasteiger partial charge in [0.15, 0.2) is 0 Å². The number of carbonyl (C=O) groups is 2. The van der Waals surface area contributed by atoms with E-state index in [1.54, 1.807) is 41.2 Å². The number of ether oxygens (including phenoxy) is 1. The first-order valence-electron chi connectivity index (χ1n) is 11.7. The van der Waals surface area contributed by atoms with E-state index in [1.807, 2.05) is 6.07 Å². The summed E-state index contributed by atoms with van der Waals surface area (Å²) in [4.78, 5) is 27.5. The summed E-state index contributed by atoms with van der Waals surface area (Å²) in [5.74, 6) is -0.664. The smallest absolute Gasteiger partial charge is 0.322 e. The van der Waals surface area contributed by atoms with Crippen molar-refractivity contribution in [3.63, 3.8) is 0 Å². The van der Waals surface area contributed by atoms with Gasteiger partial charge in [0.05, 0.1) is 17.5 Å². The molecule has 1 aromatic heterocycles. The minimum Gasteiger partial charge on any atom is -0.380 e. The topological polar surface area (TPSA) is 88.5 Å². The number of amides is 3. The number of rotatable bonds is 7. The number of carbonyl (C=O) groups excluding carboxylic acids is 2. The lowest BCUT2D eigenvalue weighted by atomic mass is 10.1. The van der Waals surface area contributed by atoms with Gasteiger partial charge in [-0.15, -0.1) is 0 Å². The molecule has 4 rings (SSSR count). The first kappa shape index (κ1) is 25.7. The Hall–Kier alpha value is -3.43. The van der Waals surface area contributed by atoms with Crippen LogP contribution in [0.3, 0.4) is 0 Å². The van der Waals surface area contributed by atoms with Crippen LogP contribution in [0.2, 0.25) is 5.02 Å². The molecule has 2 heterocycles. The molecule has 0 spiro atoms. The molecule has 0 unspecified atom stereocenters. The number of benzene rings is 2. The van der Waals surface area contributed by atoms with Gasteiger partial charge in [-0.05, 0) is 54.8 Å². The minimum atomic E-state index is -0.829. The summed E-state index contributed by atoms with van der Waals surface area (Å²) < 4.78 is 22.1. The lowest BCUT2D eigenvalue weighted by molar-refractivity contribution is -0.119. The van der Waals surface area contributed by atoms with Gasteiger partial charge >= 0.3 is 6.03 Å². The number of hydrogen-bond donors (Lipinski definition) is 2. The summed E-state index contributed by atoms with van der Waals surface area (Å²) >= 11 is 5.91. The van der Waals surface area contributed by atoms with Crippen LogP contribution in [0.5, 0.6) is 0 Å². The van der Waals surface area contributed by atoms with E-state index in [0.29, 0.717) is 28.7 Å². The number of methoxy groups -OCH3 is 1. The molecule has 1 saturated heterocycles. The molecule has 10 heteroatoms. The van der Waals surface area contributed by atoms with Crippen molar-refractivity contribution in [3.8, 4) is 5.69 Å². The van der Waals surface area contributed by atoms with Gasteiger partial charge in [0, 0.05) is 48.7 Å². The Bertz CT molecular complexity index is 1230. The van der Waals surface area contributed by atoms with Crippen molar-refractivity contribution in [1.29, 1.82) is 0 Å². The first-order chi connectivity index (χ1) is 17.2. The van der Waals surface area contributed by atoms with E-state index in [9.17, 15) is 9.59 Å². The van der Waals surface area contributed by atoms with Crippen molar-refractivity contribution in [2.75, 3.05) is 24.3 Å².